The number of nitrogens with two attached hydrogens (primary N) is 2. The van der Waals surface area contributed by atoms with Crippen LogP contribution >= 0.6 is 0 Å². The lowest BCUT2D eigenvalue weighted by Crippen LogP contribution is -2.28. The Morgan fingerprint density at radius 1 is 0.848 bits per heavy atom. The number of amides is 2. The van der Waals surface area contributed by atoms with Crippen molar-refractivity contribution in [1.82, 2.24) is 5.32 Å². The Bertz CT molecular complexity index is 643. The van der Waals surface area contributed by atoms with Gasteiger partial charge in [-0.3, -0.25) is 9.59 Å². The molecule has 10 heteroatoms. The highest BCUT2D eigenvalue weighted by molar-refractivity contribution is 5.76. The molecule has 0 unspecified atom stereocenters. The fourth-order valence-electron chi connectivity index (χ4n) is 2.63. The van der Waals surface area contributed by atoms with E-state index >= 15 is 0 Å². The third-order valence-corrected chi connectivity index (χ3v) is 4.55. The number of carbonyl (C=O) groups excluding carboxylic acids is 2. The fourth-order valence-corrected chi connectivity index (χ4v) is 2.63. The van der Waals surface area contributed by atoms with E-state index in [1.165, 1.54) is 5.56 Å². The lowest BCUT2D eigenvalue weighted by molar-refractivity contribution is -0.125. The molecular weight excluding hydrogens is 430 g/mol. The van der Waals surface area contributed by atoms with Crippen LogP contribution in [-0.4, -0.2) is 84.4 Å². The Hall–Kier alpha value is -2.08. The molecule has 0 saturated carbocycles. The van der Waals surface area contributed by atoms with E-state index in [-0.39, 0.29) is 30.9 Å². The maximum Gasteiger partial charge on any atom is 0.245 e. The second-order valence-corrected chi connectivity index (χ2v) is 7.41. The van der Waals surface area contributed by atoms with Crippen LogP contribution in [-0.2, 0) is 46.3 Å². The van der Waals surface area contributed by atoms with Crippen LogP contribution in [0.15, 0.2) is 24.3 Å². The van der Waals surface area contributed by atoms with E-state index in [9.17, 15) is 9.59 Å². The Kier molecular flexibility index (Phi) is 17.0. The molecule has 0 aliphatic rings. The van der Waals surface area contributed by atoms with Crippen molar-refractivity contribution in [3.8, 4) is 0 Å². The molecule has 33 heavy (non-hydrogen) atoms. The van der Waals surface area contributed by atoms with Crippen LogP contribution in [0.25, 0.3) is 0 Å². The van der Waals surface area contributed by atoms with Crippen LogP contribution < -0.4 is 16.8 Å². The summed E-state index contributed by atoms with van der Waals surface area (Å²) in [4.78, 5) is 21.7. The Balaban J connectivity index is 1.94. The monoisotopic (exact) mass is 469 g/mol. The van der Waals surface area contributed by atoms with Gasteiger partial charge in [-0.1, -0.05) is 24.3 Å². The maximum atomic E-state index is 10.9. The van der Waals surface area contributed by atoms with Gasteiger partial charge in [-0.15, -0.1) is 0 Å². The van der Waals surface area contributed by atoms with Crippen LogP contribution in [0.1, 0.15) is 24.0 Å². The third kappa shape index (κ3) is 17.1. The van der Waals surface area contributed by atoms with Crippen molar-refractivity contribution in [2.45, 2.75) is 31.9 Å². The van der Waals surface area contributed by atoms with E-state index in [1.807, 2.05) is 12.1 Å². The smallest absolute Gasteiger partial charge is 0.245 e. The molecule has 2 amide bonds. The van der Waals surface area contributed by atoms with E-state index in [4.69, 9.17) is 35.2 Å². The standard InChI is InChI=1S/C23H39N3O7/c1-26-23(28)18-32-15-14-31-13-12-30-11-10-29-9-8-19-2-4-20(5-3-19)16-33-17-21(24)6-7-22(25)27/h2-5,21H,6-18,24H2,1H3,(H2,25,27)(H,26,28)/t21-/m0/s1. The molecule has 10 nitrogen and oxygen atoms in total. The van der Waals surface area contributed by atoms with Crippen molar-refractivity contribution in [3.05, 3.63) is 35.4 Å². The number of likely N-dealkylation sites (N-methyl/N-ethyl adjacent to an activating group) is 1. The first-order valence-electron chi connectivity index (χ1n) is 11.2. The van der Waals surface area contributed by atoms with Crippen LogP contribution in [0.3, 0.4) is 0 Å². The zero-order chi connectivity index (χ0) is 24.2. The number of hydrogen-bond acceptors (Lipinski definition) is 8. The van der Waals surface area contributed by atoms with Crippen molar-refractivity contribution in [3.63, 3.8) is 0 Å². The van der Waals surface area contributed by atoms with Crippen LogP contribution in [0, 0.1) is 0 Å². The molecule has 188 valence electrons. The molecule has 1 aromatic carbocycles. The molecule has 0 aromatic heterocycles. The van der Waals surface area contributed by atoms with E-state index in [0.29, 0.717) is 65.9 Å². The van der Waals surface area contributed by atoms with Gasteiger partial charge in [-0.25, -0.2) is 0 Å². The molecule has 0 fully saturated rings. The molecule has 1 rings (SSSR count). The summed E-state index contributed by atoms with van der Waals surface area (Å²) in [6, 6.07) is 7.97. The van der Waals surface area contributed by atoms with E-state index in [2.05, 4.69) is 17.4 Å². The van der Waals surface area contributed by atoms with Crippen molar-refractivity contribution in [2.75, 3.05) is 66.5 Å². The van der Waals surface area contributed by atoms with Gasteiger partial charge < -0.3 is 40.5 Å². The van der Waals surface area contributed by atoms with E-state index in [0.717, 1.165) is 12.0 Å². The topological polar surface area (TPSA) is 144 Å². The summed E-state index contributed by atoms with van der Waals surface area (Å²) in [6.45, 7) is 4.32. The Morgan fingerprint density at radius 2 is 1.39 bits per heavy atom. The molecule has 5 N–H and O–H groups in total. The fraction of sp³-hybridized carbons (Fsp3) is 0.652. The predicted octanol–water partition coefficient (Wildman–Crippen LogP) is 0.151. The number of ether oxygens (including phenoxy) is 5. The number of carbonyl (C=O) groups is 2. The molecule has 0 radical (unpaired) electrons. The minimum atomic E-state index is -0.346. The van der Waals surface area contributed by atoms with Crippen LogP contribution in [0.4, 0.5) is 0 Å². The lowest BCUT2D eigenvalue weighted by Gasteiger charge is -2.11. The number of hydrogen-bond donors (Lipinski definition) is 3. The van der Waals surface area contributed by atoms with Crippen LogP contribution in [0.5, 0.6) is 0 Å². The normalized spacial score (nSPS) is 11.9. The van der Waals surface area contributed by atoms with Gasteiger partial charge in [-0.05, 0) is 24.0 Å². The molecule has 0 bridgehead atoms. The number of nitrogens with one attached hydrogen (secondary N) is 1. The maximum absolute atomic E-state index is 10.9. The van der Waals surface area contributed by atoms with Gasteiger partial charge in [0.2, 0.25) is 11.8 Å². The van der Waals surface area contributed by atoms with Crippen LogP contribution in [0.2, 0.25) is 0 Å². The lowest BCUT2D eigenvalue weighted by atomic mass is 10.1. The Labute approximate surface area is 196 Å². The first-order chi connectivity index (χ1) is 16.0. The number of rotatable bonds is 21. The summed E-state index contributed by atoms with van der Waals surface area (Å²) in [6.07, 6.45) is 1.63. The van der Waals surface area contributed by atoms with Crippen molar-refractivity contribution in [1.29, 1.82) is 0 Å². The van der Waals surface area contributed by atoms with Crippen molar-refractivity contribution in [2.24, 2.45) is 11.5 Å². The van der Waals surface area contributed by atoms with Gasteiger partial charge in [0.1, 0.15) is 6.61 Å². The van der Waals surface area contributed by atoms with E-state index in [1.54, 1.807) is 7.05 Å². The molecule has 1 atom stereocenters. The quantitative estimate of drug-likeness (QED) is 0.216. The third-order valence-electron chi connectivity index (χ3n) is 4.55. The van der Waals surface area contributed by atoms with Gasteiger partial charge in [0.25, 0.3) is 0 Å². The highest BCUT2D eigenvalue weighted by Gasteiger charge is 2.05. The first-order valence-corrected chi connectivity index (χ1v) is 11.2. The van der Waals surface area contributed by atoms with Gasteiger partial charge >= 0.3 is 0 Å². The average molecular weight is 470 g/mol. The van der Waals surface area contributed by atoms with Gasteiger partial charge in [0.05, 0.1) is 59.5 Å². The second-order valence-electron chi connectivity index (χ2n) is 7.41. The summed E-state index contributed by atoms with van der Waals surface area (Å²) >= 11 is 0. The van der Waals surface area contributed by atoms with Crippen molar-refractivity contribution < 1.29 is 33.3 Å². The molecule has 0 saturated heterocycles. The highest BCUT2D eigenvalue weighted by atomic mass is 16.6. The predicted molar refractivity (Wildman–Crippen MR) is 124 cm³/mol. The molecular formula is C23H39N3O7. The molecule has 0 aliphatic heterocycles. The zero-order valence-corrected chi connectivity index (χ0v) is 19.6. The van der Waals surface area contributed by atoms with Crippen molar-refractivity contribution >= 4 is 11.8 Å². The highest BCUT2D eigenvalue weighted by Crippen LogP contribution is 2.07. The molecule has 0 heterocycles. The molecule has 1 aromatic rings. The van der Waals surface area contributed by atoms with E-state index < -0.39 is 0 Å². The second kappa shape index (κ2) is 19.4. The summed E-state index contributed by atoms with van der Waals surface area (Å²) in [5, 5.41) is 2.48. The summed E-state index contributed by atoms with van der Waals surface area (Å²) in [7, 11) is 1.57. The summed E-state index contributed by atoms with van der Waals surface area (Å²) < 4.78 is 27.1. The number of primary amides is 1. The largest absolute Gasteiger partial charge is 0.379 e. The SMILES string of the molecule is CNC(=O)COCCOCCOCCOCCc1ccc(COC[C@@H](N)CCC(N)=O)cc1. The minimum Gasteiger partial charge on any atom is -0.379 e. The van der Waals surface area contributed by atoms with Gasteiger partial charge in [0, 0.05) is 19.5 Å². The van der Waals surface area contributed by atoms with Gasteiger partial charge in [-0.2, -0.15) is 0 Å². The summed E-state index contributed by atoms with van der Waals surface area (Å²) in [5.41, 5.74) is 13.2. The average Bonchev–Trinajstić information content (AvgIpc) is 2.81. The number of benzene rings is 1. The Morgan fingerprint density at radius 3 is 1.97 bits per heavy atom. The first kappa shape index (κ1) is 29.0. The minimum absolute atomic E-state index is 0.0439. The zero-order valence-electron chi connectivity index (χ0n) is 19.6. The molecule has 0 spiro atoms. The molecule has 0 aliphatic carbocycles. The summed E-state index contributed by atoms with van der Waals surface area (Å²) in [5.74, 6) is -0.501. The van der Waals surface area contributed by atoms with Gasteiger partial charge in [0.15, 0.2) is 0 Å².